The lowest BCUT2D eigenvalue weighted by atomic mass is 9.80. The molecule has 0 unspecified atom stereocenters. The molecule has 1 aromatic rings. The minimum atomic E-state index is -0.222. The highest BCUT2D eigenvalue weighted by Gasteiger charge is 2.38. The lowest BCUT2D eigenvalue weighted by Crippen LogP contribution is -2.40. The second-order valence-electron chi connectivity index (χ2n) is 4.97. The summed E-state index contributed by atoms with van der Waals surface area (Å²) in [4.78, 5) is 4.47. The van der Waals surface area contributed by atoms with Crippen LogP contribution in [0.5, 0.6) is 0 Å². The Morgan fingerprint density at radius 1 is 1.25 bits per heavy atom. The first-order chi connectivity index (χ1) is 9.80. The Morgan fingerprint density at radius 2 is 2.05 bits per heavy atom. The zero-order chi connectivity index (χ0) is 14.3. The van der Waals surface area contributed by atoms with E-state index in [2.05, 4.69) is 10.1 Å². The van der Waals surface area contributed by atoms with Gasteiger partial charge in [0.15, 0.2) is 5.82 Å². The van der Waals surface area contributed by atoms with Crippen LogP contribution in [0.1, 0.15) is 24.6 Å². The molecule has 20 heavy (non-hydrogen) atoms. The standard InChI is InChI=1S/C13H23N3O4/c1-17-8-9-18-5-2-11-15-12(20-16-11)13(10-14)3-6-19-7-4-13/h2-10,14H2,1H3. The Hall–Kier alpha value is -1.02. The van der Waals surface area contributed by atoms with E-state index < -0.39 is 0 Å². The van der Waals surface area contributed by atoms with Gasteiger partial charge in [0, 0.05) is 33.3 Å². The minimum absolute atomic E-state index is 0.222. The van der Waals surface area contributed by atoms with Gasteiger partial charge in [0.25, 0.3) is 0 Å². The highest BCUT2D eigenvalue weighted by molar-refractivity contribution is 5.07. The van der Waals surface area contributed by atoms with Gasteiger partial charge in [-0.05, 0) is 12.8 Å². The van der Waals surface area contributed by atoms with Gasteiger partial charge in [0.05, 0.1) is 25.2 Å². The van der Waals surface area contributed by atoms with Crippen molar-refractivity contribution in [3.8, 4) is 0 Å². The van der Waals surface area contributed by atoms with E-state index in [1.807, 2.05) is 0 Å². The molecule has 2 N–H and O–H groups in total. The molecule has 1 fully saturated rings. The van der Waals surface area contributed by atoms with Gasteiger partial charge >= 0.3 is 0 Å². The van der Waals surface area contributed by atoms with Crippen molar-refractivity contribution in [1.82, 2.24) is 10.1 Å². The summed E-state index contributed by atoms with van der Waals surface area (Å²) in [6.07, 6.45) is 2.29. The molecule has 1 aliphatic heterocycles. The average Bonchev–Trinajstić information content (AvgIpc) is 2.97. The molecule has 1 aliphatic rings. The first kappa shape index (κ1) is 15.4. The molecule has 0 saturated carbocycles. The topological polar surface area (TPSA) is 92.6 Å². The van der Waals surface area contributed by atoms with Crippen molar-refractivity contribution in [3.05, 3.63) is 11.7 Å². The van der Waals surface area contributed by atoms with Gasteiger partial charge in [0.1, 0.15) is 0 Å². The van der Waals surface area contributed by atoms with Gasteiger partial charge in [0.2, 0.25) is 5.89 Å². The Bertz CT molecular complexity index is 391. The minimum Gasteiger partial charge on any atom is -0.382 e. The molecular weight excluding hydrogens is 262 g/mol. The zero-order valence-electron chi connectivity index (χ0n) is 12.0. The molecule has 2 heterocycles. The molecule has 7 heteroatoms. The molecule has 0 atom stereocenters. The molecule has 7 nitrogen and oxygen atoms in total. The van der Waals surface area contributed by atoms with Crippen LogP contribution in [0, 0.1) is 0 Å². The maximum Gasteiger partial charge on any atom is 0.234 e. The van der Waals surface area contributed by atoms with Crippen LogP contribution in [0.4, 0.5) is 0 Å². The maximum atomic E-state index is 5.91. The third-order valence-corrected chi connectivity index (χ3v) is 3.66. The molecule has 1 aromatic heterocycles. The normalized spacial score (nSPS) is 18.3. The van der Waals surface area contributed by atoms with Crippen molar-refractivity contribution in [1.29, 1.82) is 0 Å². The van der Waals surface area contributed by atoms with E-state index in [0.29, 0.717) is 57.7 Å². The lowest BCUT2D eigenvalue weighted by Gasteiger charge is -2.32. The van der Waals surface area contributed by atoms with E-state index in [9.17, 15) is 0 Å². The molecule has 114 valence electrons. The fourth-order valence-electron chi connectivity index (χ4n) is 2.25. The van der Waals surface area contributed by atoms with Crippen molar-refractivity contribution < 1.29 is 18.7 Å². The summed E-state index contributed by atoms with van der Waals surface area (Å²) in [5, 5.41) is 4.01. The predicted octanol–water partition coefficient (Wildman–Crippen LogP) is 0.282. The molecule has 0 bridgehead atoms. The number of ether oxygens (including phenoxy) is 3. The second-order valence-corrected chi connectivity index (χ2v) is 4.97. The summed E-state index contributed by atoms with van der Waals surface area (Å²) >= 11 is 0. The summed E-state index contributed by atoms with van der Waals surface area (Å²) in [5.41, 5.74) is 5.69. The van der Waals surface area contributed by atoms with Crippen LogP contribution in [-0.4, -0.2) is 56.8 Å². The predicted molar refractivity (Wildman–Crippen MR) is 71.5 cm³/mol. The van der Waals surface area contributed by atoms with E-state index in [0.717, 1.165) is 12.8 Å². The van der Waals surface area contributed by atoms with Crippen LogP contribution in [0.3, 0.4) is 0 Å². The third-order valence-electron chi connectivity index (χ3n) is 3.66. The monoisotopic (exact) mass is 285 g/mol. The SMILES string of the molecule is COCCOCCc1noc(C2(CN)CCOCC2)n1. The summed E-state index contributed by atoms with van der Waals surface area (Å²) in [6.45, 7) is 3.60. The molecule has 2 rings (SSSR count). The molecule has 0 aromatic carbocycles. The highest BCUT2D eigenvalue weighted by Crippen LogP contribution is 2.32. The van der Waals surface area contributed by atoms with Crippen LogP contribution >= 0.6 is 0 Å². The van der Waals surface area contributed by atoms with Crippen molar-refractivity contribution in [2.24, 2.45) is 5.73 Å². The molecule has 1 saturated heterocycles. The average molecular weight is 285 g/mol. The fraction of sp³-hybridized carbons (Fsp3) is 0.846. The van der Waals surface area contributed by atoms with Crippen LogP contribution in [-0.2, 0) is 26.0 Å². The number of methoxy groups -OCH3 is 1. The van der Waals surface area contributed by atoms with E-state index in [-0.39, 0.29) is 5.41 Å². The number of hydrogen-bond donors (Lipinski definition) is 1. The third kappa shape index (κ3) is 3.76. The van der Waals surface area contributed by atoms with Crippen molar-refractivity contribution >= 4 is 0 Å². The lowest BCUT2D eigenvalue weighted by molar-refractivity contribution is 0.0409. The molecule has 0 spiro atoms. The summed E-state index contributed by atoms with van der Waals surface area (Å²) in [7, 11) is 1.65. The molecular formula is C13H23N3O4. The number of nitrogens with two attached hydrogens (primary N) is 1. The quantitative estimate of drug-likeness (QED) is 0.686. The zero-order valence-corrected chi connectivity index (χ0v) is 12.0. The van der Waals surface area contributed by atoms with Crippen molar-refractivity contribution in [2.75, 3.05) is 46.7 Å². The van der Waals surface area contributed by atoms with Crippen LogP contribution in [0.2, 0.25) is 0 Å². The van der Waals surface area contributed by atoms with Crippen LogP contribution < -0.4 is 5.73 Å². The Balaban J connectivity index is 1.87. The molecule has 0 amide bonds. The second kappa shape index (κ2) is 7.68. The van der Waals surface area contributed by atoms with Gasteiger partial charge < -0.3 is 24.5 Å². The summed E-state index contributed by atoms with van der Waals surface area (Å²) < 4.78 is 21.1. The number of hydrogen-bond acceptors (Lipinski definition) is 7. The van der Waals surface area contributed by atoms with Gasteiger partial charge in [-0.15, -0.1) is 0 Å². The van der Waals surface area contributed by atoms with Gasteiger partial charge in [-0.25, -0.2) is 0 Å². The van der Waals surface area contributed by atoms with E-state index >= 15 is 0 Å². The van der Waals surface area contributed by atoms with Crippen molar-refractivity contribution in [3.63, 3.8) is 0 Å². The molecule has 0 radical (unpaired) electrons. The Kier molecular flexibility index (Phi) is 5.90. The summed E-state index contributed by atoms with van der Waals surface area (Å²) in [6, 6.07) is 0. The van der Waals surface area contributed by atoms with Gasteiger partial charge in [-0.3, -0.25) is 0 Å². The smallest absolute Gasteiger partial charge is 0.234 e. The largest absolute Gasteiger partial charge is 0.382 e. The first-order valence-electron chi connectivity index (χ1n) is 6.98. The van der Waals surface area contributed by atoms with E-state index in [4.69, 9.17) is 24.5 Å². The van der Waals surface area contributed by atoms with Crippen LogP contribution in [0.15, 0.2) is 4.52 Å². The van der Waals surface area contributed by atoms with Crippen molar-refractivity contribution in [2.45, 2.75) is 24.7 Å². The number of rotatable bonds is 8. The van der Waals surface area contributed by atoms with Gasteiger partial charge in [-0.2, -0.15) is 4.98 Å². The Labute approximate surface area is 118 Å². The highest BCUT2D eigenvalue weighted by atomic mass is 16.5. The first-order valence-corrected chi connectivity index (χ1v) is 6.98. The fourth-order valence-corrected chi connectivity index (χ4v) is 2.25. The van der Waals surface area contributed by atoms with E-state index in [1.54, 1.807) is 7.11 Å². The maximum absolute atomic E-state index is 5.91. The number of nitrogens with zero attached hydrogens (tertiary/aromatic N) is 2. The number of aromatic nitrogens is 2. The van der Waals surface area contributed by atoms with E-state index in [1.165, 1.54) is 0 Å². The Morgan fingerprint density at radius 3 is 2.75 bits per heavy atom. The van der Waals surface area contributed by atoms with Crippen LogP contribution in [0.25, 0.3) is 0 Å². The summed E-state index contributed by atoms with van der Waals surface area (Å²) in [5.74, 6) is 1.30. The molecule has 0 aliphatic carbocycles. The van der Waals surface area contributed by atoms with Gasteiger partial charge in [-0.1, -0.05) is 5.16 Å².